The van der Waals surface area contributed by atoms with Gasteiger partial charge in [-0.1, -0.05) is 0 Å². The Bertz CT molecular complexity index is 120. The maximum atomic E-state index is 5.98. The predicted molar refractivity (Wildman–Crippen MR) is 46.5 cm³/mol. The topological polar surface area (TPSA) is 0 Å². The van der Waals surface area contributed by atoms with E-state index in [4.69, 9.17) is 11.6 Å². The summed E-state index contributed by atoms with van der Waals surface area (Å²) < 4.78 is 0.486. The lowest BCUT2D eigenvalue weighted by atomic mass is 10.6. The molecule has 1 heterocycles. The summed E-state index contributed by atoms with van der Waals surface area (Å²) in [5, 5.41) is 0.479. The Morgan fingerprint density at radius 2 is 1.89 bits per heavy atom. The fourth-order valence-electron chi connectivity index (χ4n) is 1.08. The SMILES string of the molecule is Cl[C@@H]1CC12SCCCS2. The molecule has 1 aliphatic carbocycles. The summed E-state index contributed by atoms with van der Waals surface area (Å²) >= 11 is 10.1. The van der Waals surface area contributed by atoms with Crippen molar-refractivity contribution >= 4 is 35.1 Å². The van der Waals surface area contributed by atoms with E-state index in [1.807, 2.05) is 0 Å². The fraction of sp³-hybridized carbons (Fsp3) is 1.00. The molecule has 0 aromatic rings. The second-order valence-electron chi connectivity index (χ2n) is 2.53. The average molecular weight is 181 g/mol. The molecule has 0 N–H and O–H groups in total. The molecular weight excluding hydrogens is 172 g/mol. The van der Waals surface area contributed by atoms with Crippen molar-refractivity contribution < 1.29 is 0 Å². The van der Waals surface area contributed by atoms with Gasteiger partial charge in [-0.3, -0.25) is 0 Å². The van der Waals surface area contributed by atoms with Gasteiger partial charge in [0.2, 0.25) is 0 Å². The molecule has 0 unspecified atom stereocenters. The van der Waals surface area contributed by atoms with E-state index in [-0.39, 0.29) is 0 Å². The van der Waals surface area contributed by atoms with Crippen LogP contribution in [-0.2, 0) is 0 Å². The summed E-state index contributed by atoms with van der Waals surface area (Å²) in [6.45, 7) is 0. The molecule has 1 saturated heterocycles. The molecule has 9 heavy (non-hydrogen) atoms. The van der Waals surface area contributed by atoms with Crippen LogP contribution >= 0.6 is 35.1 Å². The van der Waals surface area contributed by atoms with Crippen molar-refractivity contribution in [2.75, 3.05) is 11.5 Å². The molecule has 1 aliphatic heterocycles. The van der Waals surface area contributed by atoms with E-state index in [9.17, 15) is 0 Å². The van der Waals surface area contributed by atoms with Crippen LogP contribution in [-0.4, -0.2) is 21.0 Å². The number of halogens is 1. The third-order valence-electron chi connectivity index (χ3n) is 1.76. The van der Waals surface area contributed by atoms with Gasteiger partial charge in [0.25, 0.3) is 0 Å². The third-order valence-corrected chi connectivity index (χ3v) is 6.12. The highest BCUT2D eigenvalue weighted by Gasteiger charge is 2.55. The van der Waals surface area contributed by atoms with Crippen molar-refractivity contribution in [1.82, 2.24) is 0 Å². The predicted octanol–water partition coefficient (Wildman–Crippen LogP) is 2.56. The van der Waals surface area contributed by atoms with Crippen LogP contribution in [0.15, 0.2) is 0 Å². The molecule has 52 valence electrons. The standard InChI is InChI=1S/C6H9ClS2/c7-5-4-6(5)8-2-1-3-9-6/h5H,1-4H2/t5-/m1/s1. The van der Waals surface area contributed by atoms with Gasteiger partial charge in [-0.05, 0) is 24.3 Å². The number of hydrogen-bond acceptors (Lipinski definition) is 2. The van der Waals surface area contributed by atoms with E-state index < -0.39 is 0 Å². The first-order valence-electron chi connectivity index (χ1n) is 3.25. The van der Waals surface area contributed by atoms with E-state index in [2.05, 4.69) is 23.5 Å². The molecule has 0 aromatic heterocycles. The second-order valence-corrected chi connectivity index (χ2v) is 6.17. The van der Waals surface area contributed by atoms with Crippen LogP contribution in [0.25, 0.3) is 0 Å². The molecule has 0 aromatic carbocycles. The van der Waals surface area contributed by atoms with Crippen molar-refractivity contribution in [3.63, 3.8) is 0 Å². The highest BCUT2D eigenvalue weighted by atomic mass is 35.5. The van der Waals surface area contributed by atoms with Crippen molar-refractivity contribution in [2.24, 2.45) is 0 Å². The zero-order valence-corrected chi connectivity index (χ0v) is 7.49. The highest BCUT2D eigenvalue weighted by Crippen LogP contribution is 2.62. The van der Waals surface area contributed by atoms with E-state index in [0.717, 1.165) is 0 Å². The molecule has 1 saturated carbocycles. The molecule has 0 nitrogen and oxygen atoms in total. The van der Waals surface area contributed by atoms with Crippen LogP contribution < -0.4 is 0 Å². The average Bonchev–Trinajstić information content (AvgIpc) is 2.44. The molecule has 3 heteroatoms. The summed E-state index contributed by atoms with van der Waals surface area (Å²) in [6.07, 6.45) is 2.62. The normalized spacial score (nSPS) is 39.0. The van der Waals surface area contributed by atoms with Gasteiger partial charge in [-0.25, -0.2) is 0 Å². The first-order valence-corrected chi connectivity index (χ1v) is 5.66. The Kier molecular flexibility index (Phi) is 1.67. The van der Waals surface area contributed by atoms with Gasteiger partial charge in [0.05, 0.1) is 9.46 Å². The van der Waals surface area contributed by atoms with Crippen LogP contribution in [0.4, 0.5) is 0 Å². The minimum Gasteiger partial charge on any atom is -0.143 e. The minimum absolute atomic E-state index is 0.479. The number of thioether (sulfide) groups is 2. The van der Waals surface area contributed by atoms with E-state index in [1.165, 1.54) is 24.3 Å². The van der Waals surface area contributed by atoms with Gasteiger partial charge in [0, 0.05) is 0 Å². The monoisotopic (exact) mass is 180 g/mol. The smallest absolute Gasteiger partial charge is 0.0789 e. The Balaban J connectivity index is 1.97. The Morgan fingerprint density at radius 3 is 2.22 bits per heavy atom. The van der Waals surface area contributed by atoms with Gasteiger partial charge in [0.15, 0.2) is 0 Å². The van der Waals surface area contributed by atoms with Gasteiger partial charge < -0.3 is 0 Å². The molecule has 2 rings (SSSR count). The molecular formula is C6H9ClS2. The van der Waals surface area contributed by atoms with Crippen LogP contribution in [0.3, 0.4) is 0 Å². The molecule has 1 atom stereocenters. The van der Waals surface area contributed by atoms with Gasteiger partial charge >= 0.3 is 0 Å². The van der Waals surface area contributed by atoms with Crippen LogP contribution in [0.1, 0.15) is 12.8 Å². The first kappa shape index (κ1) is 6.68. The number of rotatable bonds is 0. The molecule has 0 amide bonds. The van der Waals surface area contributed by atoms with Crippen molar-refractivity contribution in [2.45, 2.75) is 22.3 Å². The Labute approximate surface area is 69.1 Å². The van der Waals surface area contributed by atoms with Crippen LogP contribution in [0.5, 0.6) is 0 Å². The number of hydrogen-bond donors (Lipinski definition) is 0. The van der Waals surface area contributed by atoms with Crippen molar-refractivity contribution in [3.05, 3.63) is 0 Å². The lowest BCUT2D eigenvalue weighted by Crippen LogP contribution is -2.09. The molecule has 2 aliphatic rings. The quantitative estimate of drug-likeness (QED) is 0.526. The summed E-state index contributed by atoms with van der Waals surface area (Å²) in [5.41, 5.74) is 0. The molecule has 1 spiro atoms. The van der Waals surface area contributed by atoms with Gasteiger partial charge in [0.1, 0.15) is 0 Å². The Hall–Kier alpha value is 0.990. The third kappa shape index (κ3) is 1.10. The van der Waals surface area contributed by atoms with Gasteiger partial charge in [-0.15, -0.1) is 35.1 Å². The zero-order chi connectivity index (χ0) is 6.32. The van der Waals surface area contributed by atoms with Crippen LogP contribution in [0.2, 0.25) is 0 Å². The fourth-order valence-corrected chi connectivity index (χ4v) is 5.10. The summed E-state index contributed by atoms with van der Waals surface area (Å²) in [6, 6.07) is 0. The molecule has 0 bridgehead atoms. The summed E-state index contributed by atoms with van der Waals surface area (Å²) in [5.74, 6) is 2.66. The van der Waals surface area contributed by atoms with Crippen molar-refractivity contribution in [3.8, 4) is 0 Å². The lowest BCUT2D eigenvalue weighted by Gasteiger charge is -2.19. The number of alkyl halides is 1. The second kappa shape index (κ2) is 2.24. The first-order chi connectivity index (χ1) is 4.33. The van der Waals surface area contributed by atoms with Crippen LogP contribution in [0, 0.1) is 0 Å². The zero-order valence-electron chi connectivity index (χ0n) is 5.10. The summed E-state index contributed by atoms with van der Waals surface area (Å²) in [4.78, 5) is 0. The van der Waals surface area contributed by atoms with Gasteiger partial charge in [-0.2, -0.15) is 0 Å². The molecule has 2 fully saturated rings. The highest BCUT2D eigenvalue weighted by molar-refractivity contribution is 8.19. The van der Waals surface area contributed by atoms with E-state index in [0.29, 0.717) is 9.46 Å². The van der Waals surface area contributed by atoms with E-state index in [1.54, 1.807) is 0 Å². The van der Waals surface area contributed by atoms with Crippen molar-refractivity contribution in [1.29, 1.82) is 0 Å². The van der Waals surface area contributed by atoms with E-state index >= 15 is 0 Å². The maximum absolute atomic E-state index is 5.98. The lowest BCUT2D eigenvalue weighted by molar-refractivity contribution is 1.09. The minimum atomic E-state index is 0.479. The Morgan fingerprint density at radius 1 is 1.33 bits per heavy atom. The molecule has 0 radical (unpaired) electrons. The maximum Gasteiger partial charge on any atom is 0.0789 e. The largest absolute Gasteiger partial charge is 0.143 e. The summed E-state index contributed by atoms with van der Waals surface area (Å²) in [7, 11) is 0.